The predicted octanol–water partition coefficient (Wildman–Crippen LogP) is -0.265. The van der Waals surface area contributed by atoms with E-state index in [1.54, 1.807) is 7.05 Å². The zero-order chi connectivity index (χ0) is 8.43. The summed E-state index contributed by atoms with van der Waals surface area (Å²) in [6.45, 7) is 0.904. The van der Waals surface area contributed by atoms with E-state index in [9.17, 15) is 4.79 Å². The van der Waals surface area contributed by atoms with Gasteiger partial charge in [0.15, 0.2) is 0 Å². The van der Waals surface area contributed by atoms with E-state index in [4.69, 9.17) is 0 Å². The van der Waals surface area contributed by atoms with Crippen LogP contribution >= 0.6 is 12.6 Å². The fourth-order valence-electron chi connectivity index (χ4n) is 1.45. The van der Waals surface area contributed by atoms with Crippen LogP contribution in [0, 0.1) is 0 Å². The average Bonchev–Trinajstić information content (AvgIpc) is 2.28. The van der Waals surface area contributed by atoms with Crippen molar-refractivity contribution in [1.82, 2.24) is 10.2 Å². The Morgan fingerprint density at radius 1 is 1.73 bits per heavy atom. The molecule has 0 bridgehead atoms. The van der Waals surface area contributed by atoms with Crippen LogP contribution in [0.25, 0.3) is 0 Å². The van der Waals surface area contributed by atoms with Gasteiger partial charge in [-0.05, 0) is 13.5 Å². The molecule has 1 amide bonds. The van der Waals surface area contributed by atoms with Gasteiger partial charge < -0.3 is 5.32 Å². The smallest absolute Gasteiger partial charge is 0.237 e. The molecule has 1 heterocycles. The third kappa shape index (κ3) is 1.87. The van der Waals surface area contributed by atoms with Crippen LogP contribution in [0.1, 0.15) is 6.42 Å². The lowest BCUT2D eigenvalue weighted by molar-refractivity contribution is -0.124. The Hall–Kier alpha value is -0.220. The Bertz CT molecular complexity index is 163. The first-order valence-electron chi connectivity index (χ1n) is 3.75. The highest BCUT2D eigenvalue weighted by Gasteiger charge is 2.31. The van der Waals surface area contributed by atoms with Gasteiger partial charge in [-0.15, -0.1) is 0 Å². The van der Waals surface area contributed by atoms with Gasteiger partial charge in [0, 0.05) is 18.8 Å². The van der Waals surface area contributed by atoms with E-state index < -0.39 is 0 Å². The second-order valence-corrected chi connectivity index (χ2v) is 3.69. The molecule has 1 aliphatic heterocycles. The molecule has 4 heteroatoms. The van der Waals surface area contributed by atoms with Gasteiger partial charge in [-0.1, -0.05) is 0 Å². The summed E-state index contributed by atoms with van der Waals surface area (Å²) in [5, 5.41) is 2.99. The van der Waals surface area contributed by atoms with E-state index in [2.05, 4.69) is 17.9 Å². The number of carbonyl (C=O) groups excluding carboxylic acids is 1. The summed E-state index contributed by atoms with van der Waals surface area (Å²) < 4.78 is 0. The van der Waals surface area contributed by atoms with Crippen LogP contribution in [0.15, 0.2) is 0 Å². The number of thiol groups is 1. The lowest BCUT2D eigenvalue weighted by Gasteiger charge is -2.16. The molecule has 1 rings (SSSR count). The van der Waals surface area contributed by atoms with Gasteiger partial charge in [0.2, 0.25) is 5.91 Å². The molecule has 0 aromatic rings. The number of carbonyl (C=O) groups is 1. The average molecular weight is 174 g/mol. The van der Waals surface area contributed by atoms with E-state index in [-0.39, 0.29) is 11.9 Å². The first kappa shape index (κ1) is 8.87. The summed E-state index contributed by atoms with van der Waals surface area (Å²) in [6.07, 6.45) is 0.860. The molecule has 1 aliphatic rings. The third-order valence-corrected chi connectivity index (χ3v) is 2.45. The molecular weight excluding hydrogens is 160 g/mol. The number of likely N-dealkylation sites (tertiary alicyclic amines) is 1. The fourth-order valence-corrected chi connectivity index (χ4v) is 1.90. The second-order valence-electron chi connectivity index (χ2n) is 2.96. The van der Waals surface area contributed by atoms with Crippen LogP contribution in [0.2, 0.25) is 0 Å². The molecule has 0 saturated carbocycles. The van der Waals surface area contributed by atoms with E-state index in [0.717, 1.165) is 13.0 Å². The van der Waals surface area contributed by atoms with Gasteiger partial charge in [-0.2, -0.15) is 12.6 Å². The summed E-state index contributed by atoms with van der Waals surface area (Å²) in [4.78, 5) is 13.2. The van der Waals surface area contributed by atoms with Crippen molar-refractivity contribution in [3.63, 3.8) is 0 Å². The molecule has 0 aromatic heterocycles. The highest BCUT2D eigenvalue weighted by atomic mass is 32.1. The number of nitrogens with one attached hydrogen (secondary N) is 1. The molecule has 0 aliphatic carbocycles. The monoisotopic (exact) mass is 174 g/mol. The van der Waals surface area contributed by atoms with Crippen LogP contribution in [0.4, 0.5) is 0 Å². The van der Waals surface area contributed by atoms with Gasteiger partial charge >= 0.3 is 0 Å². The molecule has 0 spiro atoms. The van der Waals surface area contributed by atoms with Crippen molar-refractivity contribution in [3.8, 4) is 0 Å². The molecular formula is C7H14N2OS. The van der Waals surface area contributed by atoms with Crippen LogP contribution in [-0.4, -0.2) is 42.7 Å². The lowest BCUT2D eigenvalue weighted by atomic mass is 10.2. The van der Waals surface area contributed by atoms with Crippen LogP contribution < -0.4 is 5.32 Å². The predicted molar refractivity (Wildman–Crippen MR) is 47.9 cm³/mol. The van der Waals surface area contributed by atoms with Crippen molar-refractivity contribution in [2.75, 3.05) is 20.6 Å². The van der Waals surface area contributed by atoms with Crippen LogP contribution in [0.3, 0.4) is 0 Å². The number of hydrogen-bond donors (Lipinski definition) is 2. The van der Waals surface area contributed by atoms with Gasteiger partial charge in [0.05, 0.1) is 6.04 Å². The molecule has 1 N–H and O–H groups in total. The maximum atomic E-state index is 11.2. The molecule has 2 atom stereocenters. The minimum absolute atomic E-state index is 0.0301. The lowest BCUT2D eigenvalue weighted by Crippen LogP contribution is -2.39. The first-order valence-corrected chi connectivity index (χ1v) is 4.26. The minimum atomic E-state index is 0.0301. The zero-order valence-electron chi connectivity index (χ0n) is 6.87. The normalized spacial score (nSPS) is 32.3. The van der Waals surface area contributed by atoms with Crippen molar-refractivity contribution in [2.45, 2.75) is 17.7 Å². The summed E-state index contributed by atoms with van der Waals surface area (Å²) >= 11 is 4.32. The number of rotatable bonds is 1. The Labute approximate surface area is 72.5 Å². The summed E-state index contributed by atoms with van der Waals surface area (Å²) in [6, 6.07) is 0.0301. The van der Waals surface area contributed by atoms with E-state index in [1.807, 2.05) is 11.9 Å². The van der Waals surface area contributed by atoms with Crippen molar-refractivity contribution >= 4 is 18.5 Å². The van der Waals surface area contributed by atoms with Crippen LogP contribution in [-0.2, 0) is 4.79 Å². The Morgan fingerprint density at radius 3 is 2.73 bits per heavy atom. The van der Waals surface area contributed by atoms with Gasteiger partial charge in [0.1, 0.15) is 0 Å². The number of nitrogens with zero attached hydrogens (tertiary/aromatic N) is 1. The SMILES string of the molecule is CNC(=O)[C@@H]1C[C@H](S)CN1C. The number of amides is 1. The molecule has 1 saturated heterocycles. The summed E-state index contributed by atoms with van der Waals surface area (Å²) in [5.74, 6) is 0.101. The first-order chi connectivity index (χ1) is 5.15. The summed E-state index contributed by atoms with van der Waals surface area (Å²) in [7, 11) is 3.62. The standard InChI is InChI=1S/C7H14N2OS/c1-8-7(10)6-3-5(11)4-9(6)2/h5-6,11H,3-4H2,1-2H3,(H,8,10)/t5-,6-/m0/s1. The minimum Gasteiger partial charge on any atom is -0.358 e. The van der Waals surface area contributed by atoms with E-state index in [1.165, 1.54) is 0 Å². The maximum Gasteiger partial charge on any atom is 0.237 e. The molecule has 1 fully saturated rings. The molecule has 0 aromatic carbocycles. The van der Waals surface area contributed by atoms with Gasteiger partial charge in [-0.3, -0.25) is 9.69 Å². The quantitative estimate of drug-likeness (QED) is 0.537. The van der Waals surface area contributed by atoms with Crippen LogP contribution in [0.5, 0.6) is 0 Å². The van der Waals surface area contributed by atoms with Gasteiger partial charge in [-0.25, -0.2) is 0 Å². The van der Waals surface area contributed by atoms with E-state index >= 15 is 0 Å². The molecule has 3 nitrogen and oxygen atoms in total. The highest BCUT2D eigenvalue weighted by Crippen LogP contribution is 2.19. The Balaban J connectivity index is 2.52. The zero-order valence-corrected chi connectivity index (χ0v) is 7.77. The largest absolute Gasteiger partial charge is 0.358 e. The van der Waals surface area contributed by atoms with Crippen molar-refractivity contribution in [1.29, 1.82) is 0 Å². The number of hydrogen-bond acceptors (Lipinski definition) is 3. The molecule has 0 radical (unpaired) electrons. The summed E-state index contributed by atoms with van der Waals surface area (Å²) in [5.41, 5.74) is 0. The maximum absolute atomic E-state index is 11.2. The van der Waals surface area contributed by atoms with Crippen molar-refractivity contribution < 1.29 is 4.79 Å². The van der Waals surface area contributed by atoms with Gasteiger partial charge in [0.25, 0.3) is 0 Å². The van der Waals surface area contributed by atoms with E-state index in [0.29, 0.717) is 5.25 Å². The Morgan fingerprint density at radius 2 is 2.36 bits per heavy atom. The van der Waals surface area contributed by atoms with Crippen molar-refractivity contribution in [2.24, 2.45) is 0 Å². The highest BCUT2D eigenvalue weighted by molar-refractivity contribution is 7.81. The fraction of sp³-hybridized carbons (Fsp3) is 0.857. The molecule has 64 valence electrons. The Kier molecular flexibility index (Phi) is 2.78. The number of likely N-dealkylation sites (N-methyl/N-ethyl adjacent to an activating group) is 2. The molecule has 0 unspecified atom stereocenters. The molecule has 11 heavy (non-hydrogen) atoms. The van der Waals surface area contributed by atoms with Crippen molar-refractivity contribution in [3.05, 3.63) is 0 Å². The topological polar surface area (TPSA) is 32.3 Å². The third-order valence-electron chi connectivity index (χ3n) is 2.08. The second kappa shape index (κ2) is 3.45.